The average molecular weight is 846 g/mol. The molecule has 2 aliphatic carbocycles. The Morgan fingerprint density at radius 3 is 2.10 bits per heavy atom. The summed E-state index contributed by atoms with van der Waals surface area (Å²) in [5.74, 6) is -11.0. The van der Waals surface area contributed by atoms with Crippen molar-refractivity contribution in [2.24, 2.45) is 23.7 Å². The lowest BCUT2D eigenvalue weighted by atomic mass is 9.49. The molecule has 1 N–H and O–H groups in total. The number of phenolic OH excluding ortho intramolecular Hbond substituents is 1. The number of nitro benzene ring substituents is 2. The second-order valence-corrected chi connectivity index (χ2v) is 15.6. The highest BCUT2D eigenvalue weighted by atomic mass is 35.5. The van der Waals surface area contributed by atoms with Crippen LogP contribution in [-0.2, 0) is 24.6 Å². The summed E-state index contributed by atoms with van der Waals surface area (Å²) in [4.78, 5) is 84.9. The van der Waals surface area contributed by atoms with E-state index < -0.39 is 103 Å². The van der Waals surface area contributed by atoms with Crippen molar-refractivity contribution < 1.29 is 52.0 Å². The first-order chi connectivity index (χ1) is 28.4. The van der Waals surface area contributed by atoms with Crippen molar-refractivity contribution in [3.8, 4) is 11.5 Å². The molecule has 308 valence electrons. The third-order valence-electron chi connectivity index (χ3n) is 11.9. The molecule has 1 saturated carbocycles. The molecule has 4 aromatic carbocycles. The van der Waals surface area contributed by atoms with Gasteiger partial charge in [-0.25, -0.2) is 9.80 Å². The summed E-state index contributed by atoms with van der Waals surface area (Å²) in [6, 6.07) is 18.5. The Morgan fingerprint density at radius 1 is 0.833 bits per heavy atom. The first-order valence-electron chi connectivity index (χ1n) is 18.4. The number of anilines is 3. The monoisotopic (exact) mass is 845 g/mol. The lowest BCUT2D eigenvalue weighted by Crippen LogP contribution is -2.53. The molecule has 3 fully saturated rings. The molecule has 2 heterocycles. The number of imide groups is 2. The van der Waals surface area contributed by atoms with Gasteiger partial charge in [0.1, 0.15) is 11.5 Å². The highest BCUT2D eigenvalue weighted by Crippen LogP contribution is 2.65. The fourth-order valence-electron chi connectivity index (χ4n) is 9.76. The van der Waals surface area contributed by atoms with Crippen molar-refractivity contribution in [2.75, 3.05) is 28.8 Å². The molecule has 60 heavy (non-hydrogen) atoms. The van der Waals surface area contributed by atoms with E-state index in [9.17, 15) is 52.9 Å². The number of fused-ring (bicyclic) bond motifs is 4. The van der Waals surface area contributed by atoms with Crippen LogP contribution in [0.15, 0.2) is 96.6 Å². The molecule has 6 unspecified atom stereocenters. The summed E-state index contributed by atoms with van der Waals surface area (Å²) in [7, 11) is 2.70. The molecule has 0 bridgehead atoms. The number of carbonyl (C=O) groups is 4. The first-order valence-corrected chi connectivity index (χ1v) is 18.7. The highest BCUT2D eigenvalue weighted by molar-refractivity contribution is 6.32. The predicted molar refractivity (Wildman–Crippen MR) is 207 cm³/mol. The van der Waals surface area contributed by atoms with Crippen LogP contribution in [0.1, 0.15) is 29.9 Å². The summed E-state index contributed by atoms with van der Waals surface area (Å²) >= 11 is 6.32. The molecule has 0 spiro atoms. The zero-order valence-electron chi connectivity index (χ0n) is 31.3. The SMILES string of the molecule is CN(C)c1c([N+](=O)[O-])cc(N2C(=O)C3CC=C4C(CC5C(=O)N(c6cccc(Cl)c6)C(=O)C5(c5ccccc5)C4c4cc(OC(F)(F)F)ccc4O)C3C2=O)cc1[N+](=O)[O-]. The topological polar surface area (TPSA) is 194 Å². The van der Waals surface area contributed by atoms with Crippen LogP contribution in [0, 0.1) is 43.9 Å². The number of alkyl halides is 3. The Hall–Kier alpha value is -6.82. The van der Waals surface area contributed by atoms with E-state index in [4.69, 9.17) is 11.6 Å². The Morgan fingerprint density at radius 2 is 1.50 bits per heavy atom. The Bertz CT molecular complexity index is 2550. The van der Waals surface area contributed by atoms with E-state index >= 15 is 4.79 Å². The summed E-state index contributed by atoms with van der Waals surface area (Å²) in [5.41, 5.74) is -3.94. The number of benzene rings is 4. The van der Waals surface area contributed by atoms with Gasteiger partial charge < -0.3 is 14.7 Å². The third kappa shape index (κ3) is 6.03. The van der Waals surface area contributed by atoms with Crippen molar-refractivity contribution in [3.05, 3.63) is 133 Å². The zero-order chi connectivity index (χ0) is 43.2. The number of aromatic hydroxyl groups is 1. The zero-order valence-corrected chi connectivity index (χ0v) is 32.1. The summed E-state index contributed by atoms with van der Waals surface area (Å²) in [5, 5.41) is 36.2. The van der Waals surface area contributed by atoms with Crippen molar-refractivity contribution in [1.29, 1.82) is 0 Å². The molecule has 4 aliphatic rings. The van der Waals surface area contributed by atoms with E-state index in [1.54, 1.807) is 36.4 Å². The molecule has 6 atom stereocenters. The summed E-state index contributed by atoms with van der Waals surface area (Å²) in [6.45, 7) is 0. The van der Waals surface area contributed by atoms with Gasteiger partial charge in [-0.1, -0.05) is 59.6 Å². The summed E-state index contributed by atoms with van der Waals surface area (Å²) < 4.78 is 45.2. The van der Waals surface area contributed by atoms with Gasteiger partial charge >= 0.3 is 17.7 Å². The van der Waals surface area contributed by atoms with E-state index in [2.05, 4.69) is 4.74 Å². The van der Waals surface area contributed by atoms with Crippen LogP contribution in [0.5, 0.6) is 11.5 Å². The maximum absolute atomic E-state index is 15.4. The molecule has 15 nitrogen and oxygen atoms in total. The predicted octanol–water partition coefficient (Wildman–Crippen LogP) is 7.19. The van der Waals surface area contributed by atoms with E-state index in [1.165, 1.54) is 38.4 Å². The Kier molecular flexibility index (Phi) is 9.45. The van der Waals surface area contributed by atoms with Gasteiger partial charge in [0.15, 0.2) is 5.69 Å². The van der Waals surface area contributed by atoms with E-state index in [0.29, 0.717) is 4.90 Å². The number of allylic oxidation sites excluding steroid dienone is 2. The number of hydrogen-bond donors (Lipinski definition) is 1. The fraction of sp³-hybridized carbons (Fsp3) is 0.268. The minimum absolute atomic E-state index is 0.0804. The molecule has 0 radical (unpaired) electrons. The number of rotatable bonds is 8. The largest absolute Gasteiger partial charge is 0.573 e. The maximum atomic E-state index is 15.4. The molecule has 0 aromatic heterocycles. The summed E-state index contributed by atoms with van der Waals surface area (Å²) in [6.07, 6.45) is -4.05. The highest BCUT2D eigenvalue weighted by Gasteiger charge is 2.70. The van der Waals surface area contributed by atoms with Crippen LogP contribution in [0.4, 0.5) is 41.6 Å². The minimum Gasteiger partial charge on any atom is -0.508 e. The third-order valence-corrected chi connectivity index (χ3v) is 12.1. The van der Waals surface area contributed by atoms with Gasteiger partial charge in [-0.2, -0.15) is 0 Å². The van der Waals surface area contributed by atoms with Gasteiger partial charge in [0.25, 0.3) is 0 Å². The van der Waals surface area contributed by atoms with Crippen LogP contribution >= 0.6 is 11.6 Å². The molecule has 2 saturated heterocycles. The second-order valence-electron chi connectivity index (χ2n) is 15.1. The molecule has 2 aliphatic heterocycles. The maximum Gasteiger partial charge on any atom is 0.573 e. The van der Waals surface area contributed by atoms with Gasteiger partial charge in [-0.3, -0.25) is 39.4 Å². The van der Waals surface area contributed by atoms with Gasteiger partial charge in [0, 0.05) is 42.7 Å². The number of nitro groups is 2. The molecule has 19 heteroatoms. The number of ether oxygens (including phenoxy) is 1. The second kappa shape index (κ2) is 14.2. The lowest BCUT2D eigenvalue weighted by Gasteiger charge is -2.50. The number of amides is 4. The number of carbonyl (C=O) groups excluding carboxylic acids is 4. The smallest absolute Gasteiger partial charge is 0.508 e. The number of nitrogens with zero attached hydrogens (tertiary/aromatic N) is 5. The normalized spacial score (nSPS) is 24.8. The van der Waals surface area contributed by atoms with E-state index in [1.807, 2.05) is 0 Å². The standard InChI is InChI=1S/C41H31ClF3N5O10/c1-46(2)35-30(49(56)57)16-23(17-31(35)50(58)59)47-36(52)26-13-12-25-27(33(26)38(47)54)19-29-37(53)48(22-10-6-9-21(42)15-22)39(55)40(29,20-7-4-3-5-8-20)34(25)28-18-24(11-14-32(28)51)60-41(43,44)45/h3-12,14-18,26-27,29,33-34,51H,13,19H2,1-2H3. The Balaban J connectivity index is 1.35. The van der Waals surface area contributed by atoms with Crippen molar-refractivity contribution >= 4 is 63.7 Å². The first kappa shape index (κ1) is 40.0. The van der Waals surface area contributed by atoms with E-state index in [-0.39, 0.29) is 45.9 Å². The Labute approximate surface area is 342 Å². The van der Waals surface area contributed by atoms with Crippen molar-refractivity contribution in [3.63, 3.8) is 0 Å². The van der Waals surface area contributed by atoms with Crippen LogP contribution in [0.2, 0.25) is 5.02 Å². The van der Waals surface area contributed by atoms with Crippen LogP contribution in [0.25, 0.3) is 0 Å². The number of halogens is 4. The van der Waals surface area contributed by atoms with Crippen molar-refractivity contribution in [1.82, 2.24) is 0 Å². The number of phenols is 1. The van der Waals surface area contributed by atoms with Gasteiger partial charge in [-0.15, -0.1) is 13.2 Å². The average Bonchev–Trinajstić information content (AvgIpc) is 3.58. The quantitative estimate of drug-likeness (QED) is 0.0816. The van der Waals surface area contributed by atoms with Crippen molar-refractivity contribution in [2.45, 2.75) is 30.5 Å². The van der Waals surface area contributed by atoms with Gasteiger partial charge in [0.2, 0.25) is 23.6 Å². The minimum atomic E-state index is -5.17. The molecule has 4 amide bonds. The molecule has 4 aromatic rings. The van der Waals surface area contributed by atoms with Crippen LogP contribution in [-0.4, -0.2) is 59.0 Å². The molecular formula is C41H31ClF3N5O10. The van der Waals surface area contributed by atoms with Gasteiger partial charge in [-0.05, 0) is 60.7 Å². The fourth-order valence-corrected chi connectivity index (χ4v) is 9.94. The van der Waals surface area contributed by atoms with Crippen LogP contribution in [0.3, 0.4) is 0 Å². The van der Waals surface area contributed by atoms with E-state index in [0.717, 1.165) is 40.1 Å². The molecule has 8 rings (SSSR count). The molecular weight excluding hydrogens is 815 g/mol. The lowest BCUT2D eigenvalue weighted by molar-refractivity contribution is -0.392. The van der Waals surface area contributed by atoms with Crippen LogP contribution < -0.4 is 19.4 Å². The number of hydrogen-bond acceptors (Lipinski definition) is 11. The van der Waals surface area contributed by atoms with Gasteiger partial charge in [0.05, 0.1) is 44.4 Å².